The van der Waals surface area contributed by atoms with E-state index >= 15 is 0 Å². The van der Waals surface area contributed by atoms with Crippen LogP contribution in [0.25, 0.3) is 11.3 Å². The minimum atomic E-state index is -4.64. The summed E-state index contributed by atoms with van der Waals surface area (Å²) >= 11 is 0. The summed E-state index contributed by atoms with van der Waals surface area (Å²) in [5, 5.41) is 2.78. The second kappa shape index (κ2) is 10.6. The third-order valence-corrected chi connectivity index (χ3v) is 4.87. The normalized spacial score (nSPS) is 14.0. The van der Waals surface area contributed by atoms with Crippen LogP contribution in [0.3, 0.4) is 0 Å². The average Bonchev–Trinajstić information content (AvgIpc) is 2.69. The number of alkyl halides is 3. The summed E-state index contributed by atoms with van der Waals surface area (Å²) in [6.45, 7) is 12.6. The molecule has 0 unspecified atom stereocenters. The van der Waals surface area contributed by atoms with E-state index in [2.05, 4.69) is 15.3 Å². The fourth-order valence-electron chi connectivity index (χ4n) is 3.62. The Morgan fingerprint density at radius 2 is 1.76 bits per heavy atom. The van der Waals surface area contributed by atoms with Gasteiger partial charge in [-0.25, -0.2) is 14.8 Å². The fourth-order valence-corrected chi connectivity index (χ4v) is 3.62. The maximum atomic E-state index is 13.9. The highest BCUT2D eigenvalue weighted by Gasteiger charge is 2.36. The predicted molar refractivity (Wildman–Crippen MR) is 125 cm³/mol. The lowest BCUT2D eigenvalue weighted by molar-refractivity contribution is -0.139. The van der Waals surface area contributed by atoms with Gasteiger partial charge in [0.15, 0.2) is 0 Å². The summed E-state index contributed by atoms with van der Waals surface area (Å²) in [5.74, 6) is -0.166. The van der Waals surface area contributed by atoms with Gasteiger partial charge in [-0.3, -0.25) is 0 Å². The second-order valence-corrected chi connectivity index (χ2v) is 10.0. The number of hydrogen-bond acceptors (Lipinski definition) is 5. The smallest absolute Gasteiger partial charge is 0.419 e. The number of alkyl carbamates (subject to hydrolysis) is 1. The van der Waals surface area contributed by atoms with E-state index in [4.69, 9.17) is 9.47 Å². The monoisotopic (exact) mass is 481 g/mol. The van der Waals surface area contributed by atoms with Crippen LogP contribution in [-0.4, -0.2) is 33.8 Å². The topological polar surface area (TPSA) is 73.3 Å². The molecule has 1 heterocycles. The number of halogens is 3. The standard InChI is InChI=1S/C25H34F3N3O3/c1-8-18-12-20(30-15-29-18)17-9-10-21(19(11-17)25(26,27)28)33-14-24(7,13-16(2)3)31-22(32)34-23(4,5)6/h9-12,15-16H,8,13-14H2,1-7H3,(H,31,32)/t24-/m0/s1. The zero-order chi connectivity index (χ0) is 25.7. The second-order valence-electron chi connectivity index (χ2n) is 10.0. The summed E-state index contributed by atoms with van der Waals surface area (Å²) in [6.07, 6.45) is -2.83. The number of carbonyl (C=O) groups is 1. The predicted octanol–water partition coefficient (Wildman–Crippen LogP) is 6.43. The summed E-state index contributed by atoms with van der Waals surface area (Å²) in [7, 11) is 0. The Hall–Kier alpha value is -2.84. The van der Waals surface area contributed by atoms with Gasteiger partial charge in [0.1, 0.15) is 24.3 Å². The van der Waals surface area contributed by atoms with Gasteiger partial charge in [0.25, 0.3) is 0 Å². The van der Waals surface area contributed by atoms with Crippen molar-refractivity contribution in [1.82, 2.24) is 15.3 Å². The Balaban J connectivity index is 2.32. The maximum absolute atomic E-state index is 13.9. The molecule has 0 aliphatic heterocycles. The molecule has 0 saturated carbocycles. The highest BCUT2D eigenvalue weighted by molar-refractivity contribution is 5.68. The van der Waals surface area contributed by atoms with Crippen LogP contribution in [0.1, 0.15) is 66.1 Å². The number of hydrogen-bond donors (Lipinski definition) is 1. The third kappa shape index (κ3) is 8.18. The lowest BCUT2D eigenvalue weighted by Crippen LogP contribution is -2.52. The van der Waals surface area contributed by atoms with Crippen LogP contribution in [0.15, 0.2) is 30.6 Å². The van der Waals surface area contributed by atoms with Crippen LogP contribution < -0.4 is 10.1 Å². The Morgan fingerprint density at radius 3 is 2.32 bits per heavy atom. The van der Waals surface area contributed by atoms with E-state index in [0.29, 0.717) is 24.1 Å². The molecule has 34 heavy (non-hydrogen) atoms. The van der Waals surface area contributed by atoms with E-state index in [1.165, 1.54) is 18.5 Å². The minimum absolute atomic E-state index is 0.151. The first kappa shape index (κ1) is 27.4. The molecular weight excluding hydrogens is 447 g/mol. The van der Waals surface area contributed by atoms with E-state index in [9.17, 15) is 18.0 Å². The van der Waals surface area contributed by atoms with Crippen molar-refractivity contribution in [3.05, 3.63) is 41.9 Å². The van der Waals surface area contributed by atoms with Crippen LogP contribution in [0, 0.1) is 5.92 Å². The Labute approximate surface area is 199 Å². The number of benzene rings is 1. The quantitative estimate of drug-likeness (QED) is 0.470. The van der Waals surface area contributed by atoms with Gasteiger partial charge in [-0.15, -0.1) is 0 Å². The van der Waals surface area contributed by atoms with E-state index in [0.717, 1.165) is 11.8 Å². The van der Waals surface area contributed by atoms with Gasteiger partial charge >= 0.3 is 12.3 Å². The van der Waals surface area contributed by atoms with Gasteiger partial charge in [0.2, 0.25) is 0 Å². The molecule has 0 saturated heterocycles. The first-order valence-corrected chi connectivity index (χ1v) is 11.3. The number of aromatic nitrogens is 2. The molecule has 0 spiro atoms. The summed E-state index contributed by atoms with van der Waals surface area (Å²) < 4.78 is 52.7. The molecule has 0 aliphatic rings. The third-order valence-electron chi connectivity index (χ3n) is 4.87. The van der Waals surface area contributed by atoms with Crippen LogP contribution in [0.5, 0.6) is 5.75 Å². The van der Waals surface area contributed by atoms with Crippen molar-refractivity contribution in [2.45, 2.75) is 78.6 Å². The van der Waals surface area contributed by atoms with Crippen molar-refractivity contribution < 1.29 is 27.4 Å². The zero-order valence-electron chi connectivity index (χ0n) is 20.8. The Morgan fingerprint density at radius 1 is 1.09 bits per heavy atom. The van der Waals surface area contributed by atoms with Crippen LogP contribution in [0.4, 0.5) is 18.0 Å². The molecule has 0 radical (unpaired) electrons. The molecule has 2 aromatic rings. The van der Waals surface area contributed by atoms with Crippen LogP contribution >= 0.6 is 0 Å². The number of nitrogens with one attached hydrogen (secondary N) is 1. The molecule has 6 nitrogen and oxygen atoms in total. The average molecular weight is 482 g/mol. The molecule has 1 aromatic carbocycles. The number of ether oxygens (including phenoxy) is 2. The molecule has 188 valence electrons. The molecule has 1 atom stereocenters. The molecule has 0 fully saturated rings. The van der Waals surface area contributed by atoms with Crippen molar-refractivity contribution >= 4 is 6.09 Å². The molecule has 2 rings (SSSR count). The van der Waals surface area contributed by atoms with Gasteiger partial charge in [-0.1, -0.05) is 20.8 Å². The number of rotatable bonds is 8. The number of amides is 1. The van der Waals surface area contributed by atoms with Crippen molar-refractivity contribution in [2.24, 2.45) is 5.92 Å². The molecule has 0 aliphatic carbocycles. The first-order chi connectivity index (χ1) is 15.6. The van der Waals surface area contributed by atoms with E-state index in [-0.39, 0.29) is 18.3 Å². The van der Waals surface area contributed by atoms with Gasteiger partial charge in [0, 0.05) is 11.3 Å². The number of carbonyl (C=O) groups excluding carboxylic acids is 1. The Kier molecular flexibility index (Phi) is 8.55. The lowest BCUT2D eigenvalue weighted by Gasteiger charge is -2.33. The molecule has 1 amide bonds. The SMILES string of the molecule is CCc1cc(-c2ccc(OC[C@](C)(CC(C)C)NC(=O)OC(C)(C)C)c(C(F)(F)F)c2)ncn1. The lowest BCUT2D eigenvalue weighted by atomic mass is 9.91. The fraction of sp³-hybridized carbons (Fsp3) is 0.560. The summed E-state index contributed by atoms with van der Waals surface area (Å²) in [6, 6.07) is 5.52. The van der Waals surface area contributed by atoms with E-state index in [1.54, 1.807) is 33.8 Å². The van der Waals surface area contributed by atoms with Crippen molar-refractivity contribution in [3.8, 4) is 17.0 Å². The zero-order valence-corrected chi connectivity index (χ0v) is 20.8. The number of aryl methyl sites for hydroxylation is 1. The van der Waals surface area contributed by atoms with Gasteiger partial charge < -0.3 is 14.8 Å². The molecular formula is C25H34F3N3O3. The largest absolute Gasteiger partial charge is 0.491 e. The van der Waals surface area contributed by atoms with E-state index < -0.39 is 29.0 Å². The van der Waals surface area contributed by atoms with Crippen molar-refractivity contribution in [2.75, 3.05) is 6.61 Å². The first-order valence-electron chi connectivity index (χ1n) is 11.3. The molecule has 1 N–H and O–H groups in total. The van der Waals surface area contributed by atoms with Gasteiger partial charge in [-0.05, 0) is 70.7 Å². The molecule has 1 aromatic heterocycles. The molecule has 9 heteroatoms. The van der Waals surface area contributed by atoms with Gasteiger partial charge in [0.05, 0.1) is 16.8 Å². The summed E-state index contributed by atoms with van der Waals surface area (Å²) in [4.78, 5) is 20.6. The van der Waals surface area contributed by atoms with E-state index in [1.807, 2.05) is 20.8 Å². The molecule has 0 bridgehead atoms. The highest BCUT2D eigenvalue weighted by Crippen LogP contribution is 2.39. The van der Waals surface area contributed by atoms with Crippen LogP contribution in [-0.2, 0) is 17.3 Å². The minimum Gasteiger partial charge on any atom is -0.491 e. The summed E-state index contributed by atoms with van der Waals surface area (Å²) in [5.41, 5.74) is -1.11. The van der Waals surface area contributed by atoms with Gasteiger partial charge in [-0.2, -0.15) is 13.2 Å². The Bertz CT molecular complexity index is 987. The number of nitrogens with zero attached hydrogens (tertiary/aromatic N) is 2. The van der Waals surface area contributed by atoms with Crippen molar-refractivity contribution in [1.29, 1.82) is 0 Å². The maximum Gasteiger partial charge on any atom is 0.419 e. The highest BCUT2D eigenvalue weighted by atomic mass is 19.4. The van der Waals surface area contributed by atoms with Crippen molar-refractivity contribution in [3.63, 3.8) is 0 Å². The van der Waals surface area contributed by atoms with Crippen LogP contribution in [0.2, 0.25) is 0 Å².